The Bertz CT molecular complexity index is 292. The Morgan fingerprint density at radius 1 is 1.17 bits per heavy atom. The van der Waals surface area contributed by atoms with Crippen molar-refractivity contribution in [1.82, 2.24) is 0 Å². The number of hydrogen-bond donors (Lipinski definition) is 0. The van der Waals surface area contributed by atoms with E-state index in [1.807, 2.05) is 0 Å². The molecule has 0 saturated heterocycles. The Labute approximate surface area is 75.8 Å². The predicted molar refractivity (Wildman–Crippen MR) is 36.8 cm³/mol. The Kier molecular flexibility index (Phi) is 2.50. The van der Waals surface area contributed by atoms with Gasteiger partial charge in [0, 0.05) is 0 Å². The predicted octanol–water partition coefficient (Wildman–Crippen LogP) is 1.64. The van der Waals surface area contributed by atoms with E-state index in [0.717, 1.165) is 18.2 Å². The van der Waals surface area contributed by atoms with Crippen molar-refractivity contribution in [3.05, 3.63) is 29.6 Å². The van der Waals surface area contributed by atoms with Gasteiger partial charge >= 0.3 is 75.3 Å². The molecule has 0 N–H and O–H groups in total. The third-order valence-corrected chi connectivity index (χ3v) is 1.49. The number of hydrogen-bond acceptors (Lipinski definition) is 0. The van der Waals surface area contributed by atoms with Crippen LogP contribution in [0.4, 0.5) is 17.6 Å². The van der Waals surface area contributed by atoms with Crippen molar-refractivity contribution in [2.45, 2.75) is 6.18 Å². The summed E-state index contributed by atoms with van der Waals surface area (Å²) in [6.07, 6.45) is -4.39. The third-order valence-electron chi connectivity index (χ3n) is 1.49. The second-order valence-corrected chi connectivity index (χ2v) is 2.46. The maximum absolute atomic E-state index is 12.5. The molecule has 0 atom stereocenters. The summed E-state index contributed by atoms with van der Waals surface area (Å²) in [6, 6.07) is 2.33. The zero-order valence-corrected chi connectivity index (χ0v) is 6.24. The van der Waals surface area contributed by atoms with Crippen LogP contribution in [0.2, 0.25) is 0 Å². The summed E-state index contributed by atoms with van der Waals surface area (Å²) in [6.45, 7) is 0. The second-order valence-electron chi connectivity index (χ2n) is 2.46. The molecule has 1 aromatic carbocycles. The van der Waals surface area contributed by atoms with Gasteiger partial charge in [-0.2, -0.15) is 0 Å². The quantitative estimate of drug-likeness (QED) is 0.410. The van der Waals surface area contributed by atoms with E-state index >= 15 is 0 Å². The molecule has 60 valence electrons. The molecule has 0 unspecified atom stereocenters. The third kappa shape index (κ3) is 2.02. The average molecular weight is 170 g/mol. The van der Waals surface area contributed by atoms with E-state index in [-0.39, 0.29) is 4.24 Å². The van der Waals surface area contributed by atoms with Crippen LogP contribution in [-0.4, -0.2) is 17.7 Å². The molecule has 1 aromatic rings. The molecule has 0 amide bonds. The van der Waals surface area contributed by atoms with Crippen LogP contribution in [0, 0.1) is 5.82 Å². The molecule has 0 fully saturated rings. The Balaban J connectivity index is 3.14. The normalized spacial score (nSPS) is 11.8. The Morgan fingerprint density at radius 2 is 1.75 bits per heavy atom. The monoisotopic (exact) mass is 170 g/mol. The standard InChI is InChI=1S/C7H3F4.Li/c8-6-3-1-5(2-4-6)7(9,10)11;/h1-3H;. The van der Waals surface area contributed by atoms with E-state index in [1.54, 1.807) is 0 Å². The Hall–Kier alpha value is -0.463. The molecule has 1 rings (SSSR count). The van der Waals surface area contributed by atoms with Gasteiger partial charge in [0.25, 0.3) is 0 Å². The molecule has 0 spiro atoms. The Morgan fingerprint density at radius 3 is 2.17 bits per heavy atom. The molecule has 0 aliphatic rings. The van der Waals surface area contributed by atoms with Gasteiger partial charge in [-0.25, -0.2) is 0 Å². The van der Waals surface area contributed by atoms with E-state index in [9.17, 15) is 17.6 Å². The van der Waals surface area contributed by atoms with Gasteiger partial charge in [-0.1, -0.05) is 0 Å². The van der Waals surface area contributed by atoms with Gasteiger partial charge in [-0.3, -0.25) is 0 Å². The van der Waals surface area contributed by atoms with E-state index in [2.05, 4.69) is 0 Å². The van der Waals surface area contributed by atoms with Crippen LogP contribution >= 0.6 is 0 Å². The molecule has 0 nitrogen and oxygen atoms in total. The van der Waals surface area contributed by atoms with Crippen molar-refractivity contribution in [3.8, 4) is 0 Å². The van der Waals surface area contributed by atoms with Crippen molar-refractivity contribution in [1.29, 1.82) is 0 Å². The first-order valence-electron chi connectivity index (χ1n) is 3.24. The fourth-order valence-electron chi connectivity index (χ4n) is 0.821. The van der Waals surface area contributed by atoms with Crippen molar-refractivity contribution >= 4 is 22.0 Å². The molecule has 0 aromatic heterocycles. The fourth-order valence-corrected chi connectivity index (χ4v) is 0.821. The first-order valence-corrected chi connectivity index (χ1v) is 3.24. The van der Waals surface area contributed by atoms with Gasteiger partial charge < -0.3 is 0 Å². The summed E-state index contributed by atoms with van der Waals surface area (Å²) in [4.78, 5) is 0. The first-order chi connectivity index (χ1) is 5.41. The fraction of sp³-hybridized carbons (Fsp3) is 0.143. The van der Waals surface area contributed by atoms with Gasteiger partial charge in [-0.05, 0) is 0 Å². The van der Waals surface area contributed by atoms with Crippen LogP contribution in [0.1, 0.15) is 5.56 Å². The number of halogens is 4. The van der Waals surface area contributed by atoms with Crippen molar-refractivity contribution in [2.75, 3.05) is 0 Å². The zero-order valence-electron chi connectivity index (χ0n) is 6.24. The summed E-state index contributed by atoms with van der Waals surface area (Å²) in [5.41, 5.74) is -0.818. The number of benzene rings is 1. The SMILES string of the molecule is [Li][c]1cc(C(F)(F)F)ccc1F. The number of rotatable bonds is 0. The maximum atomic E-state index is 12.5. The molecular formula is C7H3F4Li. The summed E-state index contributed by atoms with van der Waals surface area (Å²) >= 11 is 1.30. The van der Waals surface area contributed by atoms with Crippen LogP contribution in [0.15, 0.2) is 18.2 Å². The van der Waals surface area contributed by atoms with E-state index in [0.29, 0.717) is 0 Å². The molecular weight excluding hydrogens is 167 g/mol. The van der Waals surface area contributed by atoms with Crippen LogP contribution in [0.25, 0.3) is 0 Å². The van der Waals surface area contributed by atoms with Gasteiger partial charge in [0.2, 0.25) is 0 Å². The summed E-state index contributed by atoms with van der Waals surface area (Å²) in [5, 5.41) is 0. The van der Waals surface area contributed by atoms with Gasteiger partial charge in [0.05, 0.1) is 0 Å². The molecule has 0 aliphatic carbocycles. The molecule has 12 heavy (non-hydrogen) atoms. The topological polar surface area (TPSA) is 0 Å². The molecule has 0 radical (unpaired) electrons. The van der Waals surface area contributed by atoms with Crippen LogP contribution < -0.4 is 4.24 Å². The summed E-state index contributed by atoms with van der Waals surface area (Å²) < 4.78 is 48.5. The van der Waals surface area contributed by atoms with Crippen LogP contribution in [0.5, 0.6) is 0 Å². The number of alkyl halides is 3. The van der Waals surface area contributed by atoms with Crippen LogP contribution in [0.3, 0.4) is 0 Å². The van der Waals surface area contributed by atoms with E-state index in [1.165, 1.54) is 17.7 Å². The summed E-state index contributed by atoms with van der Waals surface area (Å²) in [7, 11) is 0. The van der Waals surface area contributed by atoms with E-state index in [4.69, 9.17) is 0 Å². The zero-order chi connectivity index (χ0) is 9.35. The minimum absolute atomic E-state index is 0.00447. The van der Waals surface area contributed by atoms with Crippen LogP contribution in [-0.2, 0) is 6.18 Å². The second kappa shape index (κ2) is 3.12. The van der Waals surface area contributed by atoms with Gasteiger partial charge in [0.15, 0.2) is 0 Å². The average Bonchev–Trinajstić information content (AvgIpc) is 1.92. The molecule has 5 heteroatoms. The first kappa shape index (κ1) is 9.62. The minimum atomic E-state index is -4.39. The van der Waals surface area contributed by atoms with Crippen molar-refractivity contribution in [2.24, 2.45) is 0 Å². The molecule has 0 saturated carbocycles. The van der Waals surface area contributed by atoms with Gasteiger partial charge in [0.1, 0.15) is 0 Å². The molecule has 0 aliphatic heterocycles. The van der Waals surface area contributed by atoms with Gasteiger partial charge in [-0.15, -0.1) is 0 Å². The van der Waals surface area contributed by atoms with Crippen molar-refractivity contribution < 1.29 is 17.6 Å². The summed E-state index contributed by atoms with van der Waals surface area (Å²) in [5.74, 6) is -0.622. The van der Waals surface area contributed by atoms with E-state index < -0.39 is 17.6 Å². The molecule has 0 bridgehead atoms. The molecule has 0 heterocycles. The van der Waals surface area contributed by atoms with Crippen molar-refractivity contribution in [3.63, 3.8) is 0 Å².